The van der Waals surface area contributed by atoms with Crippen LogP contribution in [-0.2, 0) is 16.6 Å². The summed E-state index contributed by atoms with van der Waals surface area (Å²) >= 11 is 1.34. The largest absolute Gasteiger partial charge is 0.315 e. The highest BCUT2D eigenvalue weighted by atomic mass is 32.2. The summed E-state index contributed by atoms with van der Waals surface area (Å²) in [5.41, 5.74) is 0. The summed E-state index contributed by atoms with van der Waals surface area (Å²) in [4.78, 5) is 1.04. The van der Waals surface area contributed by atoms with Crippen LogP contribution in [-0.4, -0.2) is 21.5 Å². The molecule has 1 aromatic rings. The van der Waals surface area contributed by atoms with Crippen molar-refractivity contribution in [2.24, 2.45) is 5.92 Å². The molecule has 0 saturated heterocycles. The molecule has 102 valence electrons. The van der Waals surface area contributed by atoms with Crippen LogP contribution in [0.25, 0.3) is 0 Å². The van der Waals surface area contributed by atoms with E-state index in [0.29, 0.717) is 16.7 Å². The SMILES string of the molecule is CNCc1ccc(S(=O)(=O)NC2CCCC2C)s1. The molecule has 6 heteroatoms. The van der Waals surface area contributed by atoms with Crippen LogP contribution in [0.2, 0.25) is 0 Å². The maximum atomic E-state index is 12.2. The highest BCUT2D eigenvalue weighted by molar-refractivity contribution is 7.91. The van der Waals surface area contributed by atoms with Crippen molar-refractivity contribution in [2.45, 2.75) is 43.0 Å². The Bertz CT molecular complexity index is 496. The van der Waals surface area contributed by atoms with Crippen molar-refractivity contribution in [3.63, 3.8) is 0 Å². The lowest BCUT2D eigenvalue weighted by Crippen LogP contribution is -2.35. The van der Waals surface area contributed by atoms with Gasteiger partial charge in [0.05, 0.1) is 0 Å². The minimum absolute atomic E-state index is 0.102. The molecule has 1 aromatic heterocycles. The number of rotatable bonds is 5. The van der Waals surface area contributed by atoms with Crippen LogP contribution in [0.4, 0.5) is 0 Å². The summed E-state index contributed by atoms with van der Waals surface area (Å²) in [7, 11) is -1.48. The number of sulfonamides is 1. The summed E-state index contributed by atoms with van der Waals surface area (Å²) in [6, 6.07) is 3.66. The minimum atomic E-state index is -3.33. The summed E-state index contributed by atoms with van der Waals surface area (Å²) in [6.45, 7) is 2.82. The molecular formula is C12H20N2O2S2. The van der Waals surface area contributed by atoms with Crippen molar-refractivity contribution < 1.29 is 8.42 Å². The Labute approximate surface area is 113 Å². The fraction of sp³-hybridized carbons (Fsp3) is 0.667. The van der Waals surface area contributed by atoms with E-state index in [9.17, 15) is 8.42 Å². The first-order valence-corrected chi connectivity index (χ1v) is 8.58. The van der Waals surface area contributed by atoms with Crippen molar-refractivity contribution in [1.82, 2.24) is 10.0 Å². The topological polar surface area (TPSA) is 58.2 Å². The van der Waals surface area contributed by atoms with Crippen LogP contribution >= 0.6 is 11.3 Å². The molecule has 2 N–H and O–H groups in total. The lowest BCUT2D eigenvalue weighted by Gasteiger charge is -2.16. The van der Waals surface area contributed by atoms with Gasteiger partial charge in [-0.3, -0.25) is 0 Å². The molecule has 0 radical (unpaired) electrons. The molecule has 1 fully saturated rings. The lowest BCUT2D eigenvalue weighted by atomic mass is 10.1. The zero-order valence-corrected chi connectivity index (χ0v) is 12.4. The van der Waals surface area contributed by atoms with E-state index in [1.165, 1.54) is 11.3 Å². The van der Waals surface area contributed by atoms with Crippen LogP contribution in [0, 0.1) is 5.92 Å². The van der Waals surface area contributed by atoms with E-state index in [1.54, 1.807) is 6.07 Å². The molecule has 2 unspecified atom stereocenters. The van der Waals surface area contributed by atoms with Crippen molar-refractivity contribution >= 4 is 21.4 Å². The molecule has 18 heavy (non-hydrogen) atoms. The van der Waals surface area contributed by atoms with E-state index >= 15 is 0 Å². The molecule has 0 aliphatic heterocycles. The summed E-state index contributed by atoms with van der Waals surface area (Å²) < 4.78 is 27.7. The van der Waals surface area contributed by atoms with Gasteiger partial charge in [-0.25, -0.2) is 13.1 Å². The number of thiophene rings is 1. The van der Waals surface area contributed by atoms with E-state index < -0.39 is 10.0 Å². The third kappa shape index (κ3) is 3.12. The van der Waals surface area contributed by atoms with Crippen LogP contribution in [0.3, 0.4) is 0 Å². The first-order valence-electron chi connectivity index (χ1n) is 6.28. The Hall–Kier alpha value is -0.430. The van der Waals surface area contributed by atoms with Gasteiger partial charge in [0.25, 0.3) is 0 Å². The second-order valence-electron chi connectivity index (χ2n) is 4.89. The second kappa shape index (κ2) is 5.69. The van der Waals surface area contributed by atoms with Crippen LogP contribution in [0.15, 0.2) is 16.3 Å². The highest BCUT2D eigenvalue weighted by Crippen LogP contribution is 2.28. The molecule has 1 heterocycles. The summed E-state index contributed by atoms with van der Waals surface area (Å²) in [5, 5.41) is 3.02. The molecule has 0 bridgehead atoms. The first kappa shape index (κ1) is 14.0. The average Bonchev–Trinajstić information content (AvgIpc) is 2.90. The number of nitrogens with one attached hydrogen (secondary N) is 2. The van der Waals surface area contributed by atoms with Gasteiger partial charge < -0.3 is 5.32 Å². The first-order chi connectivity index (χ1) is 8.53. The molecule has 1 aliphatic rings. The third-order valence-electron chi connectivity index (χ3n) is 3.42. The Morgan fingerprint density at radius 1 is 1.39 bits per heavy atom. The van der Waals surface area contributed by atoms with Gasteiger partial charge in [0, 0.05) is 17.5 Å². The number of hydrogen-bond acceptors (Lipinski definition) is 4. The van der Waals surface area contributed by atoms with Crippen molar-refractivity contribution in [1.29, 1.82) is 0 Å². The number of hydrogen-bond donors (Lipinski definition) is 2. The standard InChI is InChI=1S/C12H20N2O2S2/c1-9-4-3-5-11(9)14-18(15,16)12-7-6-10(17-12)8-13-2/h6-7,9,11,13-14H,3-5,8H2,1-2H3. The van der Waals surface area contributed by atoms with Crippen LogP contribution < -0.4 is 10.0 Å². The van der Waals surface area contributed by atoms with Crippen LogP contribution in [0.5, 0.6) is 0 Å². The average molecular weight is 288 g/mol. The Morgan fingerprint density at radius 3 is 2.78 bits per heavy atom. The molecule has 0 spiro atoms. The van der Waals surface area contributed by atoms with Gasteiger partial charge >= 0.3 is 0 Å². The predicted molar refractivity (Wildman–Crippen MR) is 74.2 cm³/mol. The monoisotopic (exact) mass is 288 g/mol. The second-order valence-corrected chi connectivity index (χ2v) is 8.00. The third-order valence-corrected chi connectivity index (χ3v) is 6.49. The van der Waals surface area contributed by atoms with Gasteiger partial charge in [0.15, 0.2) is 0 Å². The zero-order chi connectivity index (χ0) is 13.2. The van der Waals surface area contributed by atoms with Crippen molar-refractivity contribution in [2.75, 3.05) is 7.05 Å². The van der Waals surface area contributed by atoms with E-state index in [0.717, 1.165) is 24.1 Å². The molecule has 0 amide bonds. The van der Waals surface area contributed by atoms with E-state index in [4.69, 9.17) is 0 Å². The van der Waals surface area contributed by atoms with E-state index in [2.05, 4.69) is 17.0 Å². The molecule has 4 nitrogen and oxygen atoms in total. The maximum absolute atomic E-state index is 12.2. The lowest BCUT2D eigenvalue weighted by molar-refractivity contribution is 0.477. The quantitative estimate of drug-likeness (QED) is 0.870. The fourth-order valence-corrected chi connectivity index (χ4v) is 5.11. The van der Waals surface area contributed by atoms with Gasteiger partial charge in [-0.15, -0.1) is 11.3 Å². The van der Waals surface area contributed by atoms with Crippen molar-refractivity contribution in [3.8, 4) is 0 Å². The Balaban J connectivity index is 2.09. The summed E-state index contributed by atoms with van der Waals surface area (Å²) in [6.07, 6.45) is 3.18. The Kier molecular flexibility index (Phi) is 4.42. The van der Waals surface area contributed by atoms with Crippen LogP contribution in [0.1, 0.15) is 31.1 Å². The fourth-order valence-electron chi connectivity index (χ4n) is 2.35. The zero-order valence-electron chi connectivity index (χ0n) is 10.8. The molecule has 1 saturated carbocycles. The van der Waals surface area contributed by atoms with Gasteiger partial charge in [-0.05, 0) is 37.9 Å². The molecular weight excluding hydrogens is 268 g/mol. The molecule has 1 aliphatic carbocycles. The van der Waals surface area contributed by atoms with Gasteiger partial charge in [-0.1, -0.05) is 13.3 Å². The van der Waals surface area contributed by atoms with E-state index in [1.807, 2.05) is 13.1 Å². The van der Waals surface area contributed by atoms with Gasteiger partial charge in [0.2, 0.25) is 10.0 Å². The minimum Gasteiger partial charge on any atom is -0.315 e. The summed E-state index contributed by atoms with van der Waals surface area (Å²) in [5.74, 6) is 0.441. The molecule has 2 atom stereocenters. The smallest absolute Gasteiger partial charge is 0.250 e. The van der Waals surface area contributed by atoms with Gasteiger partial charge in [0.1, 0.15) is 4.21 Å². The van der Waals surface area contributed by atoms with E-state index in [-0.39, 0.29) is 6.04 Å². The molecule has 2 rings (SSSR count). The maximum Gasteiger partial charge on any atom is 0.250 e. The highest BCUT2D eigenvalue weighted by Gasteiger charge is 2.28. The Morgan fingerprint density at radius 2 is 2.17 bits per heavy atom. The molecule has 0 aromatic carbocycles. The van der Waals surface area contributed by atoms with Gasteiger partial charge in [-0.2, -0.15) is 0 Å². The normalized spacial score (nSPS) is 24.6. The van der Waals surface area contributed by atoms with Crippen molar-refractivity contribution in [3.05, 3.63) is 17.0 Å². The predicted octanol–water partition coefficient (Wildman–Crippen LogP) is 1.93.